The van der Waals surface area contributed by atoms with E-state index in [-0.39, 0.29) is 10.8 Å². The van der Waals surface area contributed by atoms with Gasteiger partial charge in [0.05, 0.1) is 5.69 Å². The maximum atomic E-state index is 12.9. The SMILES string of the molecule is C=CC(=O)N(F)c1ccccc1. The van der Waals surface area contributed by atoms with Crippen LogP contribution in [0.15, 0.2) is 43.0 Å². The number of rotatable bonds is 2. The highest BCUT2D eigenvalue weighted by molar-refractivity contribution is 5.99. The molecule has 0 atom stereocenters. The normalized spacial score (nSPS) is 9.08. The maximum absolute atomic E-state index is 12.9. The average molecular weight is 165 g/mol. The highest BCUT2D eigenvalue weighted by Crippen LogP contribution is 2.13. The van der Waals surface area contributed by atoms with Crippen molar-refractivity contribution in [3.63, 3.8) is 0 Å². The van der Waals surface area contributed by atoms with Crippen LogP contribution in [-0.4, -0.2) is 5.91 Å². The molecule has 0 aliphatic rings. The lowest BCUT2D eigenvalue weighted by molar-refractivity contribution is -0.116. The second-order valence-corrected chi connectivity index (χ2v) is 2.16. The van der Waals surface area contributed by atoms with E-state index in [1.54, 1.807) is 18.2 Å². The predicted molar refractivity (Wildman–Crippen MR) is 45.2 cm³/mol. The minimum absolute atomic E-state index is 0.0486. The summed E-state index contributed by atoms with van der Waals surface area (Å²) in [6.07, 6.45) is 0.924. The largest absolute Gasteiger partial charge is 0.278 e. The lowest BCUT2D eigenvalue weighted by Gasteiger charge is -2.07. The summed E-state index contributed by atoms with van der Waals surface area (Å²) in [5, 5.41) is 0.0486. The summed E-state index contributed by atoms with van der Waals surface area (Å²) in [5.41, 5.74) is 0.211. The predicted octanol–water partition coefficient (Wildman–Crippen LogP) is 2.09. The summed E-state index contributed by atoms with van der Waals surface area (Å²) in [5.74, 6) is -0.763. The zero-order valence-corrected chi connectivity index (χ0v) is 6.40. The van der Waals surface area contributed by atoms with E-state index in [0.717, 1.165) is 6.08 Å². The number of carbonyl (C=O) groups is 1. The van der Waals surface area contributed by atoms with Gasteiger partial charge in [0.2, 0.25) is 0 Å². The van der Waals surface area contributed by atoms with Crippen molar-refractivity contribution in [1.29, 1.82) is 0 Å². The van der Waals surface area contributed by atoms with Gasteiger partial charge in [0.25, 0.3) is 5.91 Å². The van der Waals surface area contributed by atoms with Crippen LogP contribution in [0.1, 0.15) is 0 Å². The molecule has 0 aromatic heterocycles. The third kappa shape index (κ3) is 1.69. The van der Waals surface area contributed by atoms with Crippen molar-refractivity contribution in [3.05, 3.63) is 43.0 Å². The maximum Gasteiger partial charge on any atom is 0.278 e. The van der Waals surface area contributed by atoms with Crippen LogP contribution in [0.4, 0.5) is 10.2 Å². The van der Waals surface area contributed by atoms with E-state index >= 15 is 0 Å². The van der Waals surface area contributed by atoms with Gasteiger partial charge in [-0.05, 0) is 18.2 Å². The first-order valence-corrected chi connectivity index (χ1v) is 3.43. The molecule has 3 heteroatoms. The van der Waals surface area contributed by atoms with Crippen molar-refractivity contribution in [3.8, 4) is 0 Å². The first kappa shape index (κ1) is 8.46. The number of hydrogen-bond donors (Lipinski definition) is 0. The Kier molecular flexibility index (Phi) is 2.58. The Bertz CT molecular complexity index is 284. The molecule has 0 aliphatic heterocycles. The Morgan fingerprint density at radius 2 is 2.00 bits per heavy atom. The molecule has 62 valence electrons. The lowest BCUT2D eigenvalue weighted by atomic mass is 10.3. The standard InChI is InChI=1S/C9H8FNO/c1-2-9(12)11(10)8-6-4-3-5-7-8/h2-7H,1H2. The fraction of sp³-hybridized carbons (Fsp3) is 0. The van der Waals surface area contributed by atoms with Gasteiger partial charge in [-0.25, -0.2) is 0 Å². The Morgan fingerprint density at radius 1 is 1.42 bits per heavy atom. The van der Waals surface area contributed by atoms with E-state index in [1.165, 1.54) is 12.1 Å². The molecule has 0 saturated carbocycles. The third-order valence-electron chi connectivity index (χ3n) is 1.35. The number of hydrogen-bond acceptors (Lipinski definition) is 1. The van der Waals surface area contributed by atoms with Crippen LogP contribution in [0.25, 0.3) is 0 Å². The average Bonchev–Trinajstić information content (AvgIpc) is 2.17. The van der Waals surface area contributed by atoms with Crippen molar-refractivity contribution in [2.75, 3.05) is 5.12 Å². The van der Waals surface area contributed by atoms with Crippen LogP contribution in [0.3, 0.4) is 0 Å². The van der Waals surface area contributed by atoms with Crippen LogP contribution in [0.5, 0.6) is 0 Å². The van der Waals surface area contributed by atoms with Crippen LogP contribution in [0.2, 0.25) is 0 Å². The molecule has 0 fully saturated rings. The molecule has 0 N–H and O–H groups in total. The smallest absolute Gasteiger partial charge is 0.267 e. The highest BCUT2D eigenvalue weighted by atomic mass is 19.2. The second kappa shape index (κ2) is 3.67. The lowest BCUT2D eigenvalue weighted by Crippen LogP contribution is -2.18. The van der Waals surface area contributed by atoms with Gasteiger partial charge in [0.1, 0.15) is 0 Å². The van der Waals surface area contributed by atoms with E-state index in [0.29, 0.717) is 0 Å². The summed E-state index contributed by atoms with van der Waals surface area (Å²) < 4.78 is 12.9. The number of para-hydroxylation sites is 1. The minimum atomic E-state index is -0.763. The van der Waals surface area contributed by atoms with Gasteiger partial charge in [-0.3, -0.25) is 4.79 Å². The zero-order chi connectivity index (χ0) is 8.97. The van der Waals surface area contributed by atoms with Crippen LogP contribution in [-0.2, 0) is 4.79 Å². The second-order valence-electron chi connectivity index (χ2n) is 2.16. The number of nitrogens with zero attached hydrogens (tertiary/aromatic N) is 1. The van der Waals surface area contributed by atoms with E-state index in [1.807, 2.05) is 0 Å². The van der Waals surface area contributed by atoms with E-state index < -0.39 is 5.91 Å². The third-order valence-corrected chi connectivity index (χ3v) is 1.35. The molecular formula is C9H8FNO. The summed E-state index contributed by atoms with van der Waals surface area (Å²) in [7, 11) is 0. The molecule has 0 heterocycles. The Labute approximate surface area is 69.9 Å². The molecule has 1 aromatic rings. The van der Waals surface area contributed by atoms with Crippen molar-refractivity contribution in [2.24, 2.45) is 0 Å². The topological polar surface area (TPSA) is 20.3 Å². The zero-order valence-electron chi connectivity index (χ0n) is 6.40. The molecule has 0 bridgehead atoms. The quantitative estimate of drug-likeness (QED) is 0.485. The Balaban J connectivity index is 2.85. The van der Waals surface area contributed by atoms with Crippen molar-refractivity contribution in [2.45, 2.75) is 0 Å². The molecule has 0 unspecified atom stereocenters. The molecule has 0 radical (unpaired) electrons. The van der Waals surface area contributed by atoms with Crippen molar-refractivity contribution < 1.29 is 9.28 Å². The number of amides is 1. The number of benzene rings is 1. The van der Waals surface area contributed by atoms with Crippen molar-refractivity contribution >= 4 is 11.6 Å². The van der Waals surface area contributed by atoms with Gasteiger partial charge in [-0.15, -0.1) is 5.12 Å². The van der Waals surface area contributed by atoms with Gasteiger partial charge < -0.3 is 0 Å². The molecular weight excluding hydrogens is 157 g/mol. The van der Waals surface area contributed by atoms with E-state index in [2.05, 4.69) is 6.58 Å². The molecule has 1 rings (SSSR count). The molecule has 0 spiro atoms. The molecule has 1 amide bonds. The molecule has 12 heavy (non-hydrogen) atoms. The Morgan fingerprint density at radius 3 is 2.50 bits per heavy atom. The van der Waals surface area contributed by atoms with Crippen LogP contribution < -0.4 is 5.12 Å². The summed E-state index contributed by atoms with van der Waals surface area (Å²) in [6, 6.07) is 8.05. The first-order valence-electron chi connectivity index (χ1n) is 3.43. The van der Waals surface area contributed by atoms with Gasteiger partial charge in [0.15, 0.2) is 0 Å². The minimum Gasteiger partial charge on any atom is -0.267 e. The van der Waals surface area contributed by atoms with E-state index in [4.69, 9.17) is 0 Å². The Hall–Kier alpha value is -1.64. The van der Waals surface area contributed by atoms with Crippen LogP contribution >= 0.6 is 0 Å². The fourth-order valence-corrected chi connectivity index (χ4v) is 0.766. The van der Waals surface area contributed by atoms with Gasteiger partial charge in [-0.1, -0.05) is 29.3 Å². The fourth-order valence-electron chi connectivity index (χ4n) is 0.766. The van der Waals surface area contributed by atoms with Crippen molar-refractivity contribution in [1.82, 2.24) is 0 Å². The van der Waals surface area contributed by atoms with Gasteiger partial charge in [-0.2, -0.15) is 0 Å². The number of halogens is 1. The summed E-state index contributed by atoms with van der Waals surface area (Å²) in [4.78, 5) is 10.7. The first-order chi connectivity index (χ1) is 5.75. The van der Waals surface area contributed by atoms with Gasteiger partial charge >= 0.3 is 0 Å². The van der Waals surface area contributed by atoms with Gasteiger partial charge in [0, 0.05) is 0 Å². The molecule has 0 saturated heterocycles. The van der Waals surface area contributed by atoms with E-state index in [9.17, 15) is 9.28 Å². The monoisotopic (exact) mass is 165 g/mol. The summed E-state index contributed by atoms with van der Waals surface area (Å²) >= 11 is 0. The number of anilines is 1. The van der Waals surface area contributed by atoms with Crippen LogP contribution in [0, 0.1) is 0 Å². The highest BCUT2D eigenvalue weighted by Gasteiger charge is 2.09. The molecule has 2 nitrogen and oxygen atoms in total. The molecule has 0 aliphatic carbocycles. The summed E-state index contributed by atoms with van der Waals surface area (Å²) in [6.45, 7) is 3.18. The molecule has 1 aromatic carbocycles. The number of carbonyl (C=O) groups excluding carboxylic acids is 1.